The quantitative estimate of drug-likeness (QED) is 0.693. The minimum absolute atomic E-state index is 0.0149. The van der Waals surface area contributed by atoms with Gasteiger partial charge < -0.3 is 9.32 Å². The summed E-state index contributed by atoms with van der Waals surface area (Å²) < 4.78 is 5.79. The van der Waals surface area contributed by atoms with Crippen molar-refractivity contribution in [3.8, 4) is 0 Å². The zero-order valence-corrected chi connectivity index (χ0v) is 9.69. The van der Waals surface area contributed by atoms with E-state index in [1.807, 2.05) is 24.3 Å². The molecular weight excluding hydrogens is 214 g/mol. The molecular formula is C14H13NO2. The van der Waals surface area contributed by atoms with Crippen LogP contribution in [-0.2, 0) is 11.2 Å². The van der Waals surface area contributed by atoms with Gasteiger partial charge in [0.15, 0.2) is 5.76 Å². The number of fused-ring (bicyclic) bond motifs is 3. The SMILES string of the molecule is C=C1c2oc3ccccc3c2CCN1C(C)=O. The lowest BCUT2D eigenvalue weighted by atomic mass is 10.0. The molecule has 1 amide bonds. The number of hydrogen-bond donors (Lipinski definition) is 0. The van der Waals surface area contributed by atoms with Crippen LogP contribution in [0, 0.1) is 0 Å². The predicted octanol–water partition coefficient (Wildman–Crippen LogP) is 2.81. The monoisotopic (exact) mass is 227 g/mol. The number of carbonyl (C=O) groups is 1. The molecule has 17 heavy (non-hydrogen) atoms. The molecule has 0 saturated carbocycles. The van der Waals surface area contributed by atoms with Crippen molar-refractivity contribution in [2.45, 2.75) is 13.3 Å². The van der Waals surface area contributed by atoms with Crippen LogP contribution in [0.3, 0.4) is 0 Å². The third-order valence-corrected chi connectivity index (χ3v) is 3.25. The number of benzene rings is 1. The van der Waals surface area contributed by atoms with Gasteiger partial charge in [0.05, 0.1) is 5.70 Å². The molecule has 0 unspecified atom stereocenters. The van der Waals surface area contributed by atoms with E-state index in [0.717, 1.165) is 23.2 Å². The van der Waals surface area contributed by atoms with Crippen LogP contribution in [0.15, 0.2) is 35.3 Å². The predicted molar refractivity (Wildman–Crippen MR) is 66.3 cm³/mol. The highest BCUT2D eigenvalue weighted by Gasteiger charge is 2.27. The summed E-state index contributed by atoms with van der Waals surface area (Å²) in [6, 6.07) is 7.94. The maximum absolute atomic E-state index is 11.5. The molecule has 1 aliphatic rings. The van der Waals surface area contributed by atoms with Gasteiger partial charge in [0, 0.05) is 24.4 Å². The van der Waals surface area contributed by atoms with E-state index in [1.165, 1.54) is 5.56 Å². The number of carbonyl (C=O) groups excluding carboxylic acids is 1. The van der Waals surface area contributed by atoms with Crippen LogP contribution < -0.4 is 0 Å². The largest absolute Gasteiger partial charge is 0.454 e. The molecule has 1 aliphatic heterocycles. The normalized spacial score (nSPS) is 15.1. The summed E-state index contributed by atoms with van der Waals surface area (Å²) in [5.74, 6) is 0.772. The van der Waals surface area contributed by atoms with Crippen molar-refractivity contribution < 1.29 is 9.21 Å². The fourth-order valence-electron chi connectivity index (χ4n) is 2.41. The lowest BCUT2D eigenvalue weighted by molar-refractivity contribution is -0.125. The maximum Gasteiger partial charge on any atom is 0.223 e. The molecule has 2 aromatic rings. The van der Waals surface area contributed by atoms with Crippen LogP contribution in [0.5, 0.6) is 0 Å². The van der Waals surface area contributed by atoms with Gasteiger partial charge in [-0.05, 0) is 12.5 Å². The minimum atomic E-state index is 0.0149. The van der Waals surface area contributed by atoms with Gasteiger partial charge in [-0.2, -0.15) is 0 Å². The molecule has 0 aliphatic carbocycles. The van der Waals surface area contributed by atoms with E-state index in [2.05, 4.69) is 6.58 Å². The first-order chi connectivity index (χ1) is 8.18. The Morgan fingerprint density at radius 2 is 2.18 bits per heavy atom. The van der Waals surface area contributed by atoms with Crippen LogP contribution in [0.25, 0.3) is 16.7 Å². The third-order valence-electron chi connectivity index (χ3n) is 3.25. The zero-order valence-electron chi connectivity index (χ0n) is 9.69. The lowest BCUT2D eigenvalue weighted by Crippen LogP contribution is -2.32. The molecule has 0 N–H and O–H groups in total. The number of nitrogens with zero attached hydrogens (tertiary/aromatic N) is 1. The fraction of sp³-hybridized carbons (Fsp3) is 0.214. The van der Waals surface area contributed by atoms with Gasteiger partial charge in [0.2, 0.25) is 5.91 Å². The average molecular weight is 227 g/mol. The molecule has 3 rings (SSSR count). The summed E-state index contributed by atoms with van der Waals surface area (Å²) in [5, 5.41) is 1.13. The molecule has 0 spiro atoms. The Kier molecular flexibility index (Phi) is 2.08. The number of hydrogen-bond acceptors (Lipinski definition) is 2. The van der Waals surface area contributed by atoms with Gasteiger partial charge in [0.1, 0.15) is 5.58 Å². The smallest absolute Gasteiger partial charge is 0.223 e. The molecule has 86 valence electrons. The first-order valence-electron chi connectivity index (χ1n) is 5.66. The van der Waals surface area contributed by atoms with Crippen LogP contribution >= 0.6 is 0 Å². The second-order valence-corrected chi connectivity index (χ2v) is 4.27. The molecule has 1 aromatic carbocycles. The van der Waals surface area contributed by atoms with Crippen molar-refractivity contribution in [3.63, 3.8) is 0 Å². The summed E-state index contributed by atoms with van der Waals surface area (Å²) in [4.78, 5) is 13.1. The Bertz CT molecular complexity index is 624. The second kappa shape index (κ2) is 3.48. The van der Waals surface area contributed by atoms with Crippen molar-refractivity contribution in [1.82, 2.24) is 4.90 Å². The lowest BCUT2D eigenvalue weighted by Gasteiger charge is -2.26. The fourth-order valence-corrected chi connectivity index (χ4v) is 2.41. The van der Waals surface area contributed by atoms with Gasteiger partial charge in [-0.15, -0.1) is 0 Å². The van der Waals surface area contributed by atoms with E-state index < -0.39 is 0 Å². The first kappa shape index (κ1) is 10.1. The van der Waals surface area contributed by atoms with Crippen molar-refractivity contribution in [2.75, 3.05) is 6.54 Å². The topological polar surface area (TPSA) is 33.5 Å². The number of rotatable bonds is 0. The standard InChI is InChI=1S/C14H13NO2/c1-9-14-12(7-8-15(9)10(2)16)11-5-3-4-6-13(11)17-14/h3-6H,1,7-8H2,2H3. The Morgan fingerprint density at radius 1 is 1.41 bits per heavy atom. The van der Waals surface area contributed by atoms with Crippen LogP contribution in [0.4, 0.5) is 0 Å². The molecule has 0 radical (unpaired) electrons. The molecule has 0 bridgehead atoms. The van der Waals surface area contributed by atoms with Crippen molar-refractivity contribution >= 4 is 22.6 Å². The zero-order chi connectivity index (χ0) is 12.0. The number of amides is 1. The Balaban J connectivity index is 2.19. The van der Waals surface area contributed by atoms with Crippen molar-refractivity contribution in [3.05, 3.63) is 42.2 Å². The summed E-state index contributed by atoms with van der Waals surface area (Å²) in [6.07, 6.45) is 0.824. The van der Waals surface area contributed by atoms with Crippen LogP contribution in [-0.4, -0.2) is 17.4 Å². The molecule has 2 heterocycles. The molecule has 3 heteroatoms. The van der Waals surface area contributed by atoms with Gasteiger partial charge >= 0.3 is 0 Å². The van der Waals surface area contributed by atoms with E-state index in [1.54, 1.807) is 11.8 Å². The minimum Gasteiger partial charge on any atom is -0.454 e. The van der Waals surface area contributed by atoms with Gasteiger partial charge in [0.25, 0.3) is 0 Å². The van der Waals surface area contributed by atoms with Gasteiger partial charge in [-0.3, -0.25) is 4.79 Å². The molecule has 3 nitrogen and oxygen atoms in total. The Morgan fingerprint density at radius 3 is 2.94 bits per heavy atom. The van der Waals surface area contributed by atoms with Crippen LogP contribution in [0.2, 0.25) is 0 Å². The highest BCUT2D eigenvalue weighted by Crippen LogP contribution is 2.35. The van der Waals surface area contributed by atoms with Gasteiger partial charge in [-0.25, -0.2) is 0 Å². The second-order valence-electron chi connectivity index (χ2n) is 4.27. The van der Waals surface area contributed by atoms with E-state index >= 15 is 0 Å². The van der Waals surface area contributed by atoms with Crippen molar-refractivity contribution in [1.29, 1.82) is 0 Å². The molecule has 1 aromatic heterocycles. The van der Waals surface area contributed by atoms with Crippen LogP contribution in [0.1, 0.15) is 18.2 Å². The van der Waals surface area contributed by atoms with E-state index in [0.29, 0.717) is 12.2 Å². The van der Waals surface area contributed by atoms with Gasteiger partial charge in [-0.1, -0.05) is 24.8 Å². The summed E-state index contributed by atoms with van der Waals surface area (Å²) in [5.41, 5.74) is 2.71. The Hall–Kier alpha value is -2.03. The molecule has 0 saturated heterocycles. The highest BCUT2D eigenvalue weighted by molar-refractivity contribution is 5.91. The van der Waals surface area contributed by atoms with E-state index in [-0.39, 0.29) is 5.91 Å². The summed E-state index contributed by atoms with van der Waals surface area (Å²) >= 11 is 0. The maximum atomic E-state index is 11.5. The third kappa shape index (κ3) is 1.39. The summed E-state index contributed by atoms with van der Waals surface area (Å²) in [6.45, 7) is 6.20. The molecule has 0 atom stereocenters. The van der Waals surface area contributed by atoms with E-state index in [4.69, 9.17) is 4.42 Å². The number of furan rings is 1. The average Bonchev–Trinajstić information content (AvgIpc) is 2.69. The highest BCUT2D eigenvalue weighted by atomic mass is 16.3. The summed E-state index contributed by atoms with van der Waals surface area (Å²) in [7, 11) is 0. The van der Waals surface area contributed by atoms with Crippen molar-refractivity contribution in [2.24, 2.45) is 0 Å². The molecule has 0 fully saturated rings. The first-order valence-corrected chi connectivity index (χ1v) is 5.66. The van der Waals surface area contributed by atoms with E-state index in [9.17, 15) is 4.79 Å². The Labute approximate surface area is 99.3 Å². The number of para-hydroxylation sites is 1.